The van der Waals surface area contributed by atoms with E-state index in [-0.39, 0.29) is 0 Å². The lowest BCUT2D eigenvalue weighted by atomic mass is 10.2. The molecule has 1 fully saturated rings. The van der Waals surface area contributed by atoms with Crippen molar-refractivity contribution in [3.63, 3.8) is 0 Å². The summed E-state index contributed by atoms with van der Waals surface area (Å²) >= 11 is 14.9. The number of piperazine rings is 1. The molecule has 3 nitrogen and oxygen atoms in total. The highest BCUT2D eigenvalue weighted by Crippen LogP contribution is 2.20. The van der Waals surface area contributed by atoms with Crippen LogP contribution in [0.2, 0.25) is 5.02 Å². The van der Waals surface area contributed by atoms with E-state index < -0.39 is 0 Å². The molecule has 0 unspecified atom stereocenters. The van der Waals surface area contributed by atoms with Gasteiger partial charge in [0.1, 0.15) is 0 Å². The molecule has 0 bridgehead atoms. The molecule has 6 heteroatoms. The van der Waals surface area contributed by atoms with Crippen LogP contribution in [-0.4, -0.2) is 36.2 Å². The summed E-state index contributed by atoms with van der Waals surface area (Å²) in [4.78, 5) is 4.57. The Morgan fingerprint density at radius 1 is 0.957 bits per heavy atom. The van der Waals surface area contributed by atoms with E-state index in [1.165, 1.54) is 5.69 Å². The van der Waals surface area contributed by atoms with Crippen LogP contribution in [0.1, 0.15) is 0 Å². The van der Waals surface area contributed by atoms with Gasteiger partial charge in [0, 0.05) is 47.0 Å². The molecule has 2 aromatic rings. The van der Waals surface area contributed by atoms with Crippen molar-refractivity contribution in [3.8, 4) is 0 Å². The van der Waals surface area contributed by atoms with Gasteiger partial charge in [0.15, 0.2) is 5.11 Å². The fourth-order valence-corrected chi connectivity index (χ4v) is 3.25. The third kappa shape index (κ3) is 4.37. The van der Waals surface area contributed by atoms with Crippen LogP contribution >= 0.6 is 39.7 Å². The summed E-state index contributed by atoms with van der Waals surface area (Å²) in [5.41, 5.74) is 2.22. The minimum Gasteiger partial charge on any atom is -0.368 e. The van der Waals surface area contributed by atoms with Gasteiger partial charge < -0.3 is 15.1 Å². The highest BCUT2D eigenvalue weighted by molar-refractivity contribution is 9.10. The van der Waals surface area contributed by atoms with Gasteiger partial charge in [-0.25, -0.2) is 0 Å². The second-order valence-electron chi connectivity index (χ2n) is 5.39. The van der Waals surface area contributed by atoms with Crippen molar-refractivity contribution in [1.29, 1.82) is 0 Å². The van der Waals surface area contributed by atoms with Gasteiger partial charge in [-0.15, -0.1) is 0 Å². The van der Waals surface area contributed by atoms with Crippen LogP contribution in [0.25, 0.3) is 0 Å². The fourth-order valence-electron chi connectivity index (χ4n) is 2.56. The topological polar surface area (TPSA) is 18.5 Å². The van der Waals surface area contributed by atoms with Gasteiger partial charge >= 0.3 is 0 Å². The third-order valence-electron chi connectivity index (χ3n) is 3.85. The van der Waals surface area contributed by atoms with Crippen LogP contribution in [0.3, 0.4) is 0 Å². The lowest BCUT2D eigenvalue weighted by Crippen LogP contribution is -2.50. The predicted octanol–water partition coefficient (Wildman–Crippen LogP) is 4.62. The molecule has 0 atom stereocenters. The Bertz CT molecular complexity index is 667. The number of nitrogens with one attached hydrogen (secondary N) is 1. The molecule has 120 valence electrons. The molecule has 0 radical (unpaired) electrons. The first kappa shape index (κ1) is 16.6. The van der Waals surface area contributed by atoms with Crippen LogP contribution in [0.4, 0.5) is 11.4 Å². The second kappa shape index (κ2) is 7.51. The lowest BCUT2D eigenvalue weighted by molar-refractivity contribution is 0.391. The molecule has 23 heavy (non-hydrogen) atoms. The maximum Gasteiger partial charge on any atom is 0.173 e. The van der Waals surface area contributed by atoms with Gasteiger partial charge in [-0.1, -0.05) is 27.5 Å². The number of halogens is 2. The first-order valence-corrected chi connectivity index (χ1v) is 9.02. The average Bonchev–Trinajstić information content (AvgIpc) is 2.58. The molecule has 0 saturated carbocycles. The number of anilines is 2. The summed E-state index contributed by atoms with van der Waals surface area (Å²) in [6.07, 6.45) is 0. The number of thiocarbonyl (C=S) groups is 1. The van der Waals surface area contributed by atoms with E-state index in [0.717, 1.165) is 46.5 Å². The molecule has 0 aliphatic carbocycles. The average molecular weight is 411 g/mol. The number of benzene rings is 2. The normalized spacial score (nSPS) is 14.7. The molecular weight excluding hydrogens is 394 g/mol. The molecular formula is C17H17BrClN3S. The van der Waals surface area contributed by atoms with Crippen molar-refractivity contribution < 1.29 is 0 Å². The maximum atomic E-state index is 5.95. The molecule has 0 aromatic heterocycles. The molecule has 0 amide bonds. The quantitative estimate of drug-likeness (QED) is 0.728. The molecule has 1 aliphatic rings. The van der Waals surface area contributed by atoms with E-state index >= 15 is 0 Å². The smallest absolute Gasteiger partial charge is 0.173 e. The summed E-state index contributed by atoms with van der Waals surface area (Å²) in [5, 5.41) is 4.85. The van der Waals surface area contributed by atoms with Crippen molar-refractivity contribution in [1.82, 2.24) is 4.90 Å². The highest BCUT2D eigenvalue weighted by Gasteiger charge is 2.19. The molecule has 2 aromatic carbocycles. The molecule has 1 saturated heterocycles. The van der Waals surface area contributed by atoms with Crippen LogP contribution < -0.4 is 10.2 Å². The van der Waals surface area contributed by atoms with Crippen LogP contribution in [0, 0.1) is 0 Å². The van der Waals surface area contributed by atoms with Crippen LogP contribution in [0.5, 0.6) is 0 Å². The van der Waals surface area contributed by atoms with E-state index in [2.05, 4.69) is 43.2 Å². The SMILES string of the molecule is S=C(Nc1ccc(Br)cc1)N1CCN(c2ccc(Cl)cc2)CC1. The Kier molecular flexibility index (Phi) is 5.41. The van der Waals surface area contributed by atoms with Gasteiger partial charge in [0.2, 0.25) is 0 Å². The third-order valence-corrected chi connectivity index (χ3v) is 5.00. The predicted molar refractivity (Wildman–Crippen MR) is 106 cm³/mol. The maximum absolute atomic E-state index is 5.95. The Morgan fingerprint density at radius 2 is 1.57 bits per heavy atom. The first-order valence-electron chi connectivity index (χ1n) is 7.44. The van der Waals surface area contributed by atoms with E-state index in [1.807, 2.05) is 36.4 Å². The standard InChI is InChI=1S/C17H17BrClN3S/c18-13-1-5-15(6-2-13)20-17(23)22-11-9-21(10-12-22)16-7-3-14(19)4-8-16/h1-8H,9-12H2,(H,20,23). The van der Waals surface area contributed by atoms with Crippen molar-refractivity contribution in [2.24, 2.45) is 0 Å². The molecule has 3 rings (SSSR count). The number of hydrogen-bond donors (Lipinski definition) is 1. The molecule has 0 spiro atoms. The minimum absolute atomic E-state index is 0.771. The Morgan fingerprint density at radius 3 is 2.17 bits per heavy atom. The van der Waals surface area contributed by atoms with E-state index in [1.54, 1.807) is 0 Å². The number of hydrogen-bond acceptors (Lipinski definition) is 2. The summed E-state index contributed by atoms with van der Waals surface area (Å²) in [5.74, 6) is 0. The molecule has 1 heterocycles. The number of rotatable bonds is 2. The highest BCUT2D eigenvalue weighted by atomic mass is 79.9. The van der Waals surface area contributed by atoms with E-state index in [4.69, 9.17) is 23.8 Å². The van der Waals surface area contributed by atoms with Crippen LogP contribution in [0.15, 0.2) is 53.0 Å². The van der Waals surface area contributed by atoms with E-state index in [0.29, 0.717) is 0 Å². The van der Waals surface area contributed by atoms with Crippen molar-refractivity contribution >= 4 is 56.2 Å². The fraction of sp³-hybridized carbons (Fsp3) is 0.235. The summed E-state index contributed by atoms with van der Waals surface area (Å²) < 4.78 is 1.06. The van der Waals surface area contributed by atoms with Gasteiger partial charge in [-0.05, 0) is 60.7 Å². The van der Waals surface area contributed by atoms with Gasteiger partial charge in [0.25, 0.3) is 0 Å². The summed E-state index contributed by atoms with van der Waals surface area (Å²) in [6.45, 7) is 3.71. The van der Waals surface area contributed by atoms with Crippen molar-refractivity contribution in [2.45, 2.75) is 0 Å². The summed E-state index contributed by atoms with van der Waals surface area (Å²) in [7, 11) is 0. The zero-order valence-electron chi connectivity index (χ0n) is 12.5. The first-order chi connectivity index (χ1) is 11.1. The molecule has 1 aliphatic heterocycles. The van der Waals surface area contributed by atoms with Crippen LogP contribution in [-0.2, 0) is 0 Å². The van der Waals surface area contributed by atoms with Gasteiger partial charge in [0.05, 0.1) is 0 Å². The van der Waals surface area contributed by atoms with Gasteiger partial charge in [-0.3, -0.25) is 0 Å². The van der Waals surface area contributed by atoms with Crippen molar-refractivity contribution in [3.05, 3.63) is 58.0 Å². The zero-order valence-corrected chi connectivity index (χ0v) is 15.7. The van der Waals surface area contributed by atoms with Crippen molar-refractivity contribution in [2.75, 3.05) is 36.4 Å². The Balaban J connectivity index is 1.54. The summed E-state index contributed by atoms with van der Waals surface area (Å²) in [6, 6.07) is 16.0. The largest absolute Gasteiger partial charge is 0.368 e. The Labute approximate surface area is 155 Å². The minimum atomic E-state index is 0.771. The molecule has 1 N–H and O–H groups in total. The Hall–Kier alpha value is -1.30. The monoisotopic (exact) mass is 409 g/mol. The van der Waals surface area contributed by atoms with E-state index in [9.17, 15) is 0 Å². The second-order valence-corrected chi connectivity index (χ2v) is 7.13. The lowest BCUT2D eigenvalue weighted by Gasteiger charge is -2.37. The zero-order chi connectivity index (χ0) is 16.2. The van der Waals surface area contributed by atoms with Gasteiger partial charge in [-0.2, -0.15) is 0 Å². The number of nitrogens with zero attached hydrogens (tertiary/aromatic N) is 2.